The molecule has 0 fully saturated rings. The summed E-state index contributed by atoms with van der Waals surface area (Å²) in [6, 6.07) is 9.26. The van der Waals surface area contributed by atoms with Gasteiger partial charge in [0, 0.05) is 13.1 Å². The molecule has 15 heavy (non-hydrogen) atoms. The van der Waals surface area contributed by atoms with Crippen molar-refractivity contribution in [3.63, 3.8) is 0 Å². The third-order valence-electron chi connectivity index (χ3n) is 2.29. The lowest BCUT2D eigenvalue weighted by Gasteiger charge is -2.18. The van der Waals surface area contributed by atoms with Crippen LogP contribution in [-0.4, -0.2) is 25.8 Å². The average molecular weight is 227 g/mol. The van der Waals surface area contributed by atoms with Crippen molar-refractivity contribution in [2.24, 2.45) is 0 Å². The summed E-state index contributed by atoms with van der Waals surface area (Å²) in [6.45, 7) is 4.77. The van der Waals surface area contributed by atoms with E-state index >= 15 is 0 Å². The molecule has 0 atom stereocenters. The maximum atomic E-state index is 11.9. The van der Waals surface area contributed by atoms with E-state index in [4.69, 9.17) is 0 Å². The summed E-state index contributed by atoms with van der Waals surface area (Å²) in [7, 11) is -3.14. The highest BCUT2D eigenvalue weighted by Gasteiger charge is 2.18. The fraction of sp³-hybridized carbons (Fsp3) is 0.455. The Morgan fingerprint density at radius 3 is 2.07 bits per heavy atom. The Morgan fingerprint density at radius 1 is 1.07 bits per heavy atom. The Balaban J connectivity index is 2.81. The van der Waals surface area contributed by atoms with Gasteiger partial charge in [0.1, 0.15) is 0 Å². The molecule has 1 aromatic carbocycles. The first-order valence-corrected chi connectivity index (χ1v) is 6.72. The fourth-order valence-corrected chi connectivity index (χ4v) is 3.08. The Hall–Kier alpha value is -0.870. The lowest BCUT2D eigenvalue weighted by molar-refractivity contribution is 0.444. The second-order valence-corrected chi connectivity index (χ2v) is 5.30. The highest BCUT2D eigenvalue weighted by molar-refractivity contribution is 7.88. The van der Waals surface area contributed by atoms with Crippen LogP contribution in [0.2, 0.25) is 0 Å². The molecule has 3 nitrogen and oxygen atoms in total. The van der Waals surface area contributed by atoms with Gasteiger partial charge in [0.2, 0.25) is 10.0 Å². The highest BCUT2D eigenvalue weighted by atomic mass is 32.2. The molecule has 1 rings (SSSR count). The Labute approximate surface area is 91.8 Å². The minimum atomic E-state index is -3.14. The molecular formula is C11H17NO2S. The van der Waals surface area contributed by atoms with Gasteiger partial charge >= 0.3 is 0 Å². The first kappa shape index (κ1) is 12.2. The van der Waals surface area contributed by atoms with Crippen LogP contribution in [-0.2, 0) is 15.8 Å². The van der Waals surface area contributed by atoms with E-state index in [0.29, 0.717) is 13.1 Å². The Bertz CT molecular complexity index is 382. The van der Waals surface area contributed by atoms with E-state index in [1.807, 2.05) is 44.2 Å². The zero-order valence-electron chi connectivity index (χ0n) is 9.18. The van der Waals surface area contributed by atoms with E-state index in [1.54, 1.807) is 0 Å². The smallest absolute Gasteiger partial charge is 0.212 e. The topological polar surface area (TPSA) is 37.4 Å². The van der Waals surface area contributed by atoms with Gasteiger partial charge in [0.25, 0.3) is 0 Å². The maximum absolute atomic E-state index is 11.9. The first-order chi connectivity index (χ1) is 7.10. The van der Waals surface area contributed by atoms with Crippen molar-refractivity contribution in [3.05, 3.63) is 35.9 Å². The van der Waals surface area contributed by atoms with Gasteiger partial charge in [-0.15, -0.1) is 0 Å². The summed E-state index contributed by atoms with van der Waals surface area (Å²) >= 11 is 0. The standard InChI is InChI=1S/C11H17NO2S/c1-3-12(4-2)15(13,14)10-11-8-6-5-7-9-11/h5-9H,3-4,10H2,1-2H3. The van der Waals surface area contributed by atoms with Gasteiger partial charge in [-0.2, -0.15) is 0 Å². The van der Waals surface area contributed by atoms with E-state index in [0.717, 1.165) is 5.56 Å². The van der Waals surface area contributed by atoms with Crippen LogP contribution in [0.4, 0.5) is 0 Å². The number of nitrogens with zero attached hydrogens (tertiary/aromatic N) is 1. The summed E-state index contributed by atoms with van der Waals surface area (Å²) in [5.41, 5.74) is 0.837. The van der Waals surface area contributed by atoms with E-state index < -0.39 is 10.0 Å². The number of hydrogen-bond acceptors (Lipinski definition) is 2. The van der Waals surface area contributed by atoms with Crippen LogP contribution < -0.4 is 0 Å². The van der Waals surface area contributed by atoms with Crippen LogP contribution in [0.1, 0.15) is 19.4 Å². The van der Waals surface area contributed by atoms with Crippen molar-refractivity contribution in [2.75, 3.05) is 13.1 Å². The van der Waals surface area contributed by atoms with Crippen LogP contribution in [0.5, 0.6) is 0 Å². The molecule has 0 saturated heterocycles. The fourth-order valence-electron chi connectivity index (χ4n) is 1.49. The molecule has 1 aromatic rings. The molecule has 0 N–H and O–H groups in total. The molecule has 0 aromatic heterocycles. The van der Waals surface area contributed by atoms with Crippen LogP contribution >= 0.6 is 0 Å². The van der Waals surface area contributed by atoms with Crippen molar-refractivity contribution < 1.29 is 8.42 Å². The minimum absolute atomic E-state index is 0.0928. The zero-order valence-corrected chi connectivity index (χ0v) is 10.00. The molecule has 0 unspecified atom stereocenters. The molecule has 0 aliphatic rings. The highest BCUT2D eigenvalue weighted by Crippen LogP contribution is 2.09. The molecule has 0 saturated carbocycles. The van der Waals surface area contributed by atoms with Crippen molar-refractivity contribution in [3.8, 4) is 0 Å². The molecule has 0 heterocycles. The van der Waals surface area contributed by atoms with Gasteiger partial charge in [0.05, 0.1) is 5.75 Å². The van der Waals surface area contributed by atoms with E-state index in [1.165, 1.54) is 4.31 Å². The monoisotopic (exact) mass is 227 g/mol. The van der Waals surface area contributed by atoms with Gasteiger partial charge in [-0.3, -0.25) is 0 Å². The van der Waals surface area contributed by atoms with Crippen molar-refractivity contribution in [2.45, 2.75) is 19.6 Å². The number of rotatable bonds is 5. The van der Waals surface area contributed by atoms with Crippen molar-refractivity contribution in [1.82, 2.24) is 4.31 Å². The molecular weight excluding hydrogens is 210 g/mol. The zero-order chi connectivity index (χ0) is 11.3. The van der Waals surface area contributed by atoms with Gasteiger partial charge < -0.3 is 0 Å². The molecule has 0 aliphatic carbocycles. The molecule has 0 spiro atoms. The third-order valence-corrected chi connectivity index (χ3v) is 4.29. The van der Waals surface area contributed by atoms with Gasteiger partial charge in [-0.1, -0.05) is 44.2 Å². The third kappa shape index (κ3) is 3.32. The summed E-state index contributed by atoms with van der Waals surface area (Å²) in [5.74, 6) is 0.0928. The molecule has 0 amide bonds. The average Bonchev–Trinajstić information content (AvgIpc) is 2.19. The lowest BCUT2D eigenvalue weighted by atomic mass is 10.2. The number of benzene rings is 1. The number of hydrogen-bond donors (Lipinski definition) is 0. The lowest BCUT2D eigenvalue weighted by Crippen LogP contribution is -2.31. The summed E-state index contributed by atoms with van der Waals surface area (Å²) in [4.78, 5) is 0. The molecule has 4 heteroatoms. The van der Waals surface area contributed by atoms with Gasteiger partial charge in [0.15, 0.2) is 0 Å². The van der Waals surface area contributed by atoms with Crippen LogP contribution in [0.25, 0.3) is 0 Å². The first-order valence-electron chi connectivity index (χ1n) is 5.12. The quantitative estimate of drug-likeness (QED) is 0.770. The van der Waals surface area contributed by atoms with E-state index in [-0.39, 0.29) is 5.75 Å². The van der Waals surface area contributed by atoms with Gasteiger partial charge in [-0.25, -0.2) is 12.7 Å². The maximum Gasteiger partial charge on any atom is 0.218 e. The molecule has 0 aliphatic heterocycles. The predicted molar refractivity (Wildman–Crippen MR) is 62.0 cm³/mol. The van der Waals surface area contributed by atoms with Crippen molar-refractivity contribution >= 4 is 10.0 Å². The largest absolute Gasteiger partial charge is 0.218 e. The Kier molecular flexibility index (Phi) is 4.29. The SMILES string of the molecule is CCN(CC)S(=O)(=O)Cc1ccccc1. The van der Waals surface area contributed by atoms with Crippen LogP contribution in [0.15, 0.2) is 30.3 Å². The van der Waals surface area contributed by atoms with Gasteiger partial charge in [-0.05, 0) is 5.56 Å². The normalized spacial score (nSPS) is 11.9. The summed E-state index contributed by atoms with van der Waals surface area (Å²) in [5, 5.41) is 0. The predicted octanol–water partition coefficient (Wildman–Crippen LogP) is 1.86. The second kappa shape index (κ2) is 5.28. The molecule has 0 bridgehead atoms. The minimum Gasteiger partial charge on any atom is -0.212 e. The van der Waals surface area contributed by atoms with Crippen LogP contribution in [0, 0.1) is 0 Å². The number of sulfonamides is 1. The van der Waals surface area contributed by atoms with Crippen molar-refractivity contribution in [1.29, 1.82) is 0 Å². The Morgan fingerprint density at radius 2 is 1.60 bits per heavy atom. The molecule has 84 valence electrons. The summed E-state index contributed by atoms with van der Waals surface area (Å²) in [6.07, 6.45) is 0. The van der Waals surface area contributed by atoms with E-state index in [2.05, 4.69) is 0 Å². The molecule has 0 radical (unpaired) electrons. The van der Waals surface area contributed by atoms with E-state index in [9.17, 15) is 8.42 Å². The van der Waals surface area contributed by atoms with Crippen LogP contribution in [0.3, 0.4) is 0 Å². The summed E-state index contributed by atoms with van der Waals surface area (Å²) < 4.78 is 25.3. The second-order valence-electron chi connectivity index (χ2n) is 3.33.